The van der Waals surface area contributed by atoms with Gasteiger partial charge in [-0.15, -0.1) is 0 Å². The van der Waals surface area contributed by atoms with Crippen molar-refractivity contribution in [2.24, 2.45) is 5.73 Å². The van der Waals surface area contributed by atoms with Gasteiger partial charge in [0.2, 0.25) is 0 Å². The van der Waals surface area contributed by atoms with Gasteiger partial charge in [-0.25, -0.2) is 9.97 Å². The Morgan fingerprint density at radius 2 is 2.00 bits per heavy atom. The molecule has 1 heterocycles. The highest BCUT2D eigenvalue weighted by molar-refractivity contribution is 5.38. The van der Waals surface area contributed by atoms with Crippen molar-refractivity contribution < 1.29 is 0 Å². The molecule has 15 heavy (non-hydrogen) atoms. The number of hydrogen-bond donors (Lipinski definition) is 2. The predicted molar refractivity (Wildman–Crippen MR) is 62.9 cm³/mol. The number of hydrogen-bond acceptors (Lipinski definition) is 4. The second-order valence-corrected chi connectivity index (χ2v) is 4.49. The summed E-state index contributed by atoms with van der Waals surface area (Å²) >= 11 is 0. The molecule has 1 aromatic heterocycles. The fourth-order valence-corrected chi connectivity index (χ4v) is 1.55. The Kier molecular flexibility index (Phi) is 3.63. The molecule has 84 valence electrons. The third-order valence-corrected chi connectivity index (χ3v) is 2.20. The Morgan fingerprint density at radius 3 is 2.53 bits per heavy atom. The summed E-state index contributed by atoms with van der Waals surface area (Å²) in [5.74, 6) is 1.67. The van der Waals surface area contributed by atoms with E-state index in [-0.39, 0.29) is 5.54 Å². The van der Waals surface area contributed by atoms with E-state index < -0.39 is 0 Å². The van der Waals surface area contributed by atoms with Crippen LogP contribution >= 0.6 is 0 Å². The Balaban J connectivity index is 2.80. The number of aryl methyl sites for hydroxylation is 2. The zero-order chi connectivity index (χ0) is 11.5. The molecule has 0 atom stereocenters. The number of nitrogens with two attached hydrogens (primary N) is 1. The first-order valence-corrected chi connectivity index (χ1v) is 5.23. The third kappa shape index (κ3) is 3.83. The molecule has 0 saturated carbocycles. The van der Waals surface area contributed by atoms with E-state index in [1.54, 1.807) is 0 Å². The van der Waals surface area contributed by atoms with Gasteiger partial charge in [-0.1, -0.05) is 0 Å². The summed E-state index contributed by atoms with van der Waals surface area (Å²) in [5, 5.41) is 3.37. The van der Waals surface area contributed by atoms with E-state index in [2.05, 4.69) is 29.1 Å². The predicted octanol–water partition coefficient (Wildman–Crippen LogP) is 1.63. The number of aromatic nitrogens is 2. The summed E-state index contributed by atoms with van der Waals surface area (Å²) in [6.45, 7) is 8.77. The van der Waals surface area contributed by atoms with Crippen LogP contribution in [0, 0.1) is 13.8 Å². The summed E-state index contributed by atoms with van der Waals surface area (Å²) in [5.41, 5.74) is 6.51. The van der Waals surface area contributed by atoms with Crippen LogP contribution in [0.15, 0.2) is 6.07 Å². The topological polar surface area (TPSA) is 63.8 Å². The van der Waals surface area contributed by atoms with Crippen LogP contribution in [0.3, 0.4) is 0 Å². The summed E-state index contributed by atoms with van der Waals surface area (Å²) in [7, 11) is 0. The molecule has 1 aromatic rings. The maximum atomic E-state index is 5.56. The van der Waals surface area contributed by atoms with E-state index in [1.165, 1.54) is 0 Å². The molecule has 0 aliphatic heterocycles. The van der Waals surface area contributed by atoms with Crippen molar-refractivity contribution in [3.63, 3.8) is 0 Å². The Labute approximate surface area is 91.3 Å². The van der Waals surface area contributed by atoms with Gasteiger partial charge in [-0.05, 0) is 40.7 Å². The molecule has 0 saturated heterocycles. The minimum Gasteiger partial charge on any atom is -0.365 e. The van der Waals surface area contributed by atoms with Gasteiger partial charge in [-0.2, -0.15) is 0 Å². The van der Waals surface area contributed by atoms with Crippen molar-refractivity contribution in [1.29, 1.82) is 0 Å². The first kappa shape index (κ1) is 11.9. The third-order valence-electron chi connectivity index (χ3n) is 2.20. The lowest BCUT2D eigenvalue weighted by Gasteiger charge is -2.26. The standard InChI is InChI=1S/C11H20N4/c1-8-7-10(14-9(2)13-8)15-11(3,4)5-6-12/h7H,5-6,12H2,1-4H3,(H,13,14,15). The lowest BCUT2D eigenvalue weighted by Crippen LogP contribution is -2.33. The second-order valence-electron chi connectivity index (χ2n) is 4.49. The largest absolute Gasteiger partial charge is 0.365 e. The van der Waals surface area contributed by atoms with Crippen LogP contribution in [0.2, 0.25) is 0 Å². The molecule has 0 aliphatic carbocycles. The first-order chi connectivity index (χ1) is 6.93. The molecule has 3 N–H and O–H groups in total. The zero-order valence-corrected chi connectivity index (χ0v) is 9.96. The van der Waals surface area contributed by atoms with Crippen LogP contribution in [0.5, 0.6) is 0 Å². The minimum absolute atomic E-state index is 0.0258. The van der Waals surface area contributed by atoms with Crippen molar-refractivity contribution in [1.82, 2.24) is 9.97 Å². The molecule has 0 radical (unpaired) electrons. The summed E-state index contributed by atoms with van der Waals surface area (Å²) in [4.78, 5) is 8.57. The van der Waals surface area contributed by atoms with Gasteiger partial charge in [0.25, 0.3) is 0 Å². The minimum atomic E-state index is -0.0258. The highest BCUT2D eigenvalue weighted by Gasteiger charge is 2.16. The smallest absolute Gasteiger partial charge is 0.130 e. The summed E-state index contributed by atoms with van der Waals surface area (Å²) in [6, 6.07) is 1.95. The molecular formula is C11H20N4. The lowest BCUT2D eigenvalue weighted by molar-refractivity contribution is 0.524. The number of nitrogens with zero attached hydrogens (tertiary/aromatic N) is 2. The van der Waals surface area contributed by atoms with Crippen LogP contribution in [0.4, 0.5) is 5.82 Å². The molecule has 0 spiro atoms. The molecule has 0 amide bonds. The number of anilines is 1. The quantitative estimate of drug-likeness (QED) is 0.789. The van der Waals surface area contributed by atoms with E-state index in [1.807, 2.05) is 19.9 Å². The highest BCUT2D eigenvalue weighted by atomic mass is 15.1. The summed E-state index contributed by atoms with van der Waals surface area (Å²) < 4.78 is 0. The molecule has 0 unspecified atom stereocenters. The lowest BCUT2D eigenvalue weighted by atomic mass is 10.0. The maximum absolute atomic E-state index is 5.56. The molecule has 0 fully saturated rings. The van der Waals surface area contributed by atoms with Gasteiger partial charge >= 0.3 is 0 Å². The Morgan fingerprint density at radius 1 is 1.33 bits per heavy atom. The van der Waals surface area contributed by atoms with E-state index in [0.717, 1.165) is 23.8 Å². The van der Waals surface area contributed by atoms with E-state index in [4.69, 9.17) is 5.73 Å². The number of nitrogens with one attached hydrogen (secondary N) is 1. The van der Waals surface area contributed by atoms with Gasteiger partial charge in [0.05, 0.1) is 0 Å². The van der Waals surface area contributed by atoms with Crippen LogP contribution in [-0.4, -0.2) is 22.1 Å². The SMILES string of the molecule is Cc1cc(NC(C)(C)CCN)nc(C)n1. The van der Waals surface area contributed by atoms with Gasteiger partial charge in [-0.3, -0.25) is 0 Å². The van der Waals surface area contributed by atoms with Crippen LogP contribution < -0.4 is 11.1 Å². The van der Waals surface area contributed by atoms with Gasteiger partial charge in [0.15, 0.2) is 0 Å². The Hall–Kier alpha value is -1.16. The molecular weight excluding hydrogens is 188 g/mol. The van der Waals surface area contributed by atoms with E-state index >= 15 is 0 Å². The Bertz CT molecular complexity index is 313. The molecule has 4 heteroatoms. The van der Waals surface area contributed by atoms with Crippen molar-refractivity contribution >= 4 is 5.82 Å². The fraction of sp³-hybridized carbons (Fsp3) is 0.636. The van der Waals surface area contributed by atoms with Crippen molar-refractivity contribution in [3.05, 3.63) is 17.6 Å². The fourth-order valence-electron chi connectivity index (χ4n) is 1.55. The van der Waals surface area contributed by atoms with Gasteiger partial charge < -0.3 is 11.1 Å². The molecule has 0 aliphatic rings. The first-order valence-electron chi connectivity index (χ1n) is 5.23. The maximum Gasteiger partial charge on any atom is 0.130 e. The van der Waals surface area contributed by atoms with Crippen LogP contribution in [0.1, 0.15) is 31.8 Å². The average molecular weight is 208 g/mol. The second kappa shape index (κ2) is 4.57. The van der Waals surface area contributed by atoms with Crippen molar-refractivity contribution in [2.45, 2.75) is 39.7 Å². The molecule has 1 rings (SSSR count). The zero-order valence-electron chi connectivity index (χ0n) is 9.96. The van der Waals surface area contributed by atoms with Gasteiger partial charge in [0.1, 0.15) is 11.6 Å². The number of rotatable bonds is 4. The highest BCUT2D eigenvalue weighted by Crippen LogP contribution is 2.16. The summed E-state index contributed by atoms with van der Waals surface area (Å²) in [6.07, 6.45) is 0.912. The van der Waals surface area contributed by atoms with Crippen LogP contribution in [-0.2, 0) is 0 Å². The van der Waals surface area contributed by atoms with Crippen molar-refractivity contribution in [3.8, 4) is 0 Å². The monoisotopic (exact) mass is 208 g/mol. The van der Waals surface area contributed by atoms with Gasteiger partial charge in [0, 0.05) is 17.3 Å². The molecule has 4 nitrogen and oxygen atoms in total. The van der Waals surface area contributed by atoms with E-state index in [0.29, 0.717) is 6.54 Å². The average Bonchev–Trinajstić information content (AvgIpc) is 1.99. The van der Waals surface area contributed by atoms with E-state index in [9.17, 15) is 0 Å². The van der Waals surface area contributed by atoms with Crippen LogP contribution in [0.25, 0.3) is 0 Å². The normalized spacial score (nSPS) is 11.5. The van der Waals surface area contributed by atoms with Crippen molar-refractivity contribution in [2.75, 3.05) is 11.9 Å². The molecule has 0 aromatic carbocycles. The molecule has 0 bridgehead atoms.